The second kappa shape index (κ2) is 4.48. The number of methoxy groups -OCH3 is 2. The minimum atomic E-state index is -1.24. The third-order valence-corrected chi connectivity index (χ3v) is 6.06. The standard InChI is InChI=1S/C14H17NO4S/c1-14-10-7-12(19-3)11(18-2)6-9(10)4-5-15(14)13(16)8-20(14)17/h6-7H,4-5,8H2,1-3H3/t14-,20?/m1/s1. The van der Waals surface area contributed by atoms with E-state index in [1.165, 1.54) is 0 Å². The molecule has 1 saturated heterocycles. The Kier molecular flexibility index (Phi) is 3.01. The van der Waals surface area contributed by atoms with Gasteiger partial charge in [0.1, 0.15) is 10.6 Å². The van der Waals surface area contributed by atoms with E-state index in [1.807, 2.05) is 19.1 Å². The van der Waals surface area contributed by atoms with Gasteiger partial charge < -0.3 is 14.4 Å². The number of rotatable bonds is 2. The van der Waals surface area contributed by atoms with E-state index in [0.29, 0.717) is 18.0 Å². The molecule has 3 rings (SSSR count). The molecule has 2 atom stereocenters. The summed E-state index contributed by atoms with van der Waals surface area (Å²) in [4.78, 5) is 13.0. The average molecular weight is 295 g/mol. The van der Waals surface area contributed by atoms with Gasteiger partial charge in [-0.2, -0.15) is 0 Å². The number of fused-ring (bicyclic) bond motifs is 3. The largest absolute Gasteiger partial charge is 0.493 e. The molecule has 20 heavy (non-hydrogen) atoms. The van der Waals surface area contributed by atoms with Gasteiger partial charge in [0.2, 0.25) is 5.91 Å². The van der Waals surface area contributed by atoms with Crippen LogP contribution in [0.4, 0.5) is 0 Å². The summed E-state index contributed by atoms with van der Waals surface area (Å²) in [7, 11) is 1.93. The monoisotopic (exact) mass is 295 g/mol. The van der Waals surface area contributed by atoms with Gasteiger partial charge in [-0.1, -0.05) is 0 Å². The first-order valence-electron chi connectivity index (χ1n) is 6.46. The maximum atomic E-state index is 12.4. The van der Waals surface area contributed by atoms with Crippen LogP contribution in [0.2, 0.25) is 0 Å². The Morgan fingerprint density at radius 1 is 1.25 bits per heavy atom. The molecule has 0 saturated carbocycles. The maximum absolute atomic E-state index is 12.4. The Labute approximate surface area is 120 Å². The molecule has 0 N–H and O–H groups in total. The number of hydrogen-bond acceptors (Lipinski definition) is 4. The summed E-state index contributed by atoms with van der Waals surface area (Å²) in [5.41, 5.74) is 1.98. The molecular formula is C14H17NO4S. The van der Waals surface area contributed by atoms with E-state index in [1.54, 1.807) is 19.1 Å². The van der Waals surface area contributed by atoms with Crippen LogP contribution in [0.1, 0.15) is 18.1 Å². The number of carbonyl (C=O) groups excluding carboxylic acids is 1. The van der Waals surface area contributed by atoms with Gasteiger partial charge in [-0.05, 0) is 36.6 Å². The zero-order valence-corrected chi connectivity index (χ0v) is 12.6. The molecule has 0 radical (unpaired) electrons. The fraction of sp³-hybridized carbons (Fsp3) is 0.500. The third-order valence-electron chi connectivity index (χ3n) is 4.23. The van der Waals surface area contributed by atoms with Crippen LogP contribution in [0.3, 0.4) is 0 Å². The number of benzene rings is 1. The molecule has 2 heterocycles. The van der Waals surface area contributed by atoms with Gasteiger partial charge in [-0.15, -0.1) is 0 Å². The summed E-state index contributed by atoms with van der Waals surface area (Å²) in [6.45, 7) is 2.47. The fourth-order valence-corrected chi connectivity index (χ4v) is 4.62. The molecular weight excluding hydrogens is 278 g/mol. The fourth-order valence-electron chi connectivity index (χ4n) is 3.09. The van der Waals surface area contributed by atoms with Crippen molar-refractivity contribution in [1.82, 2.24) is 4.90 Å². The lowest BCUT2D eigenvalue weighted by atomic mass is 9.92. The SMILES string of the molecule is COc1cc2c(cc1OC)[C@]1(C)N(CC2)C(=O)CS1=O. The average Bonchev–Trinajstić information content (AvgIpc) is 2.68. The summed E-state index contributed by atoms with van der Waals surface area (Å²) in [6.07, 6.45) is 0.744. The number of nitrogens with zero attached hydrogens (tertiary/aromatic N) is 1. The van der Waals surface area contributed by atoms with Crippen LogP contribution in [0.15, 0.2) is 12.1 Å². The number of ether oxygens (including phenoxy) is 2. The lowest BCUT2D eigenvalue weighted by Crippen LogP contribution is -2.47. The van der Waals surface area contributed by atoms with Gasteiger partial charge in [0.25, 0.3) is 0 Å². The van der Waals surface area contributed by atoms with Crippen LogP contribution in [0.5, 0.6) is 11.5 Å². The van der Waals surface area contributed by atoms with E-state index in [4.69, 9.17) is 9.47 Å². The first kappa shape index (κ1) is 13.4. The third kappa shape index (κ3) is 1.60. The molecule has 0 bridgehead atoms. The molecule has 0 aliphatic carbocycles. The molecule has 0 spiro atoms. The minimum absolute atomic E-state index is 0.0359. The smallest absolute Gasteiger partial charge is 0.236 e. The molecule has 2 aliphatic rings. The predicted octanol–water partition coefficient (Wildman–Crippen LogP) is 1.02. The highest BCUT2D eigenvalue weighted by Gasteiger charge is 2.52. The Morgan fingerprint density at radius 3 is 2.55 bits per heavy atom. The summed E-state index contributed by atoms with van der Waals surface area (Å²) in [6, 6.07) is 3.79. The van der Waals surface area contributed by atoms with Gasteiger partial charge in [0, 0.05) is 6.54 Å². The summed E-state index contributed by atoms with van der Waals surface area (Å²) in [5, 5.41) is 0. The molecule has 1 fully saturated rings. The van der Waals surface area contributed by atoms with Gasteiger partial charge in [0.05, 0.1) is 25.0 Å². The molecule has 1 unspecified atom stereocenters. The van der Waals surface area contributed by atoms with E-state index in [0.717, 1.165) is 17.5 Å². The van der Waals surface area contributed by atoms with Crippen molar-refractivity contribution in [1.29, 1.82) is 0 Å². The second-order valence-electron chi connectivity index (χ2n) is 5.13. The van der Waals surface area contributed by atoms with E-state index in [2.05, 4.69) is 0 Å². The normalized spacial score (nSPS) is 28.1. The van der Waals surface area contributed by atoms with Crippen molar-refractivity contribution in [3.8, 4) is 11.5 Å². The second-order valence-corrected chi connectivity index (χ2v) is 6.91. The van der Waals surface area contributed by atoms with Gasteiger partial charge in [-0.3, -0.25) is 9.00 Å². The molecule has 1 amide bonds. The molecule has 1 aromatic carbocycles. The van der Waals surface area contributed by atoms with Crippen molar-refractivity contribution < 1.29 is 18.5 Å². The van der Waals surface area contributed by atoms with Crippen molar-refractivity contribution in [2.75, 3.05) is 26.5 Å². The van der Waals surface area contributed by atoms with E-state index >= 15 is 0 Å². The Bertz CT molecular complexity index is 615. The topological polar surface area (TPSA) is 55.8 Å². The first-order chi connectivity index (χ1) is 9.52. The van der Waals surface area contributed by atoms with Crippen LogP contribution in [0.25, 0.3) is 0 Å². The van der Waals surface area contributed by atoms with Crippen molar-refractivity contribution in [3.05, 3.63) is 23.3 Å². The van der Waals surface area contributed by atoms with Crippen LogP contribution in [-0.2, 0) is 26.9 Å². The molecule has 2 aliphatic heterocycles. The zero-order chi connectivity index (χ0) is 14.5. The maximum Gasteiger partial charge on any atom is 0.236 e. The van der Waals surface area contributed by atoms with Crippen LogP contribution in [0, 0.1) is 0 Å². The highest BCUT2D eigenvalue weighted by molar-refractivity contribution is 7.87. The molecule has 1 aromatic rings. The van der Waals surface area contributed by atoms with Crippen LogP contribution < -0.4 is 9.47 Å². The van der Waals surface area contributed by atoms with Crippen molar-refractivity contribution in [3.63, 3.8) is 0 Å². The Morgan fingerprint density at radius 2 is 1.90 bits per heavy atom. The quantitative estimate of drug-likeness (QED) is 0.817. The van der Waals surface area contributed by atoms with Crippen LogP contribution >= 0.6 is 0 Å². The highest BCUT2D eigenvalue weighted by Crippen LogP contribution is 2.45. The van der Waals surface area contributed by atoms with Gasteiger partial charge in [0.15, 0.2) is 11.5 Å². The molecule has 6 heteroatoms. The lowest BCUT2D eigenvalue weighted by molar-refractivity contribution is -0.130. The predicted molar refractivity (Wildman–Crippen MR) is 75.3 cm³/mol. The molecule has 108 valence electrons. The van der Waals surface area contributed by atoms with Crippen LogP contribution in [-0.4, -0.2) is 41.5 Å². The first-order valence-corrected chi connectivity index (χ1v) is 7.78. The molecule has 0 aromatic heterocycles. The number of amides is 1. The van der Waals surface area contributed by atoms with E-state index in [9.17, 15) is 9.00 Å². The number of hydrogen-bond donors (Lipinski definition) is 0. The molecule has 5 nitrogen and oxygen atoms in total. The Hall–Kier alpha value is -1.56. The van der Waals surface area contributed by atoms with Crippen molar-refractivity contribution in [2.45, 2.75) is 18.2 Å². The summed E-state index contributed by atoms with van der Waals surface area (Å²) < 4.78 is 23.1. The van der Waals surface area contributed by atoms with Gasteiger partial charge >= 0.3 is 0 Å². The lowest BCUT2D eigenvalue weighted by Gasteiger charge is -2.40. The van der Waals surface area contributed by atoms with Crippen molar-refractivity contribution >= 4 is 16.7 Å². The van der Waals surface area contributed by atoms with Gasteiger partial charge in [-0.25, -0.2) is 0 Å². The van der Waals surface area contributed by atoms with E-state index < -0.39 is 15.7 Å². The Balaban J connectivity index is 2.21. The van der Waals surface area contributed by atoms with Crippen molar-refractivity contribution in [2.24, 2.45) is 0 Å². The highest BCUT2D eigenvalue weighted by atomic mass is 32.2. The zero-order valence-electron chi connectivity index (χ0n) is 11.8. The minimum Gasteiger partial charge on any atom is -0.493 e. The summed E-state index contributed by atoms with van der Waals surface area (Å²) >= 11 is 0. The number of carbonyl (C=O) groups is 1. The summed E-state index contributed by atoms with van der Waals surface area (Å²) in [5.74, 6) is 1.33. The van der Waals surface area contributed by atoms with E-state index in [-0.39, 0.29) is 11.7 Å².